The second-order valence-corrected chi connectivity index (χ2v) is 4.69. The minimum atomic E-state index is -0.943. The summed E-state index contributed by atoms with van der Waals surface area (Å²) in [5.41, 5.74) is 1.71. The highest BCUT2D eigenvalue weighted by Gasteiger charge is 2.17. The Morgan fingerprint density at radius 1 is 1.44 bits per heavy atom. The number of hydrogen-bond donors (Lipinski definition) is 2. The highest BCUT2D eigenvalue weighted by atomic mass is 16.4. The van der Waals surface area contributed by atoms with E-state index in [4.69, 9.17) is 5.11 Å². The maximum atomic E-state index is 11.1. The summed E-state index contributed by atoms with van der Waals surface area (Å²) in [7, 11) is 0. The summed E-state index contributed by atoms with van der Waals surface area (Å²) in [6.07, 6.45) is 3.58. The molecule has 1 aromatic heterocycles. The molecular weight excluding hydrogens is 228 g/mol. The molecule has 18 heavy (non-hydrogen) atoms. The van der Waals surface area contributed by atoms with Crippen molar-refractivity contribution in [3.05, 3.63) is 23.5 Å². The van der Waals surface area contributed by atoms with E-state index in [1.807, 2.05) is 6.92 Å². The first-order chi connectivity index (χ1) is 8.49. The number of aromatic nitrogens is 1. The Hall–Kier alpha value is -1.58. The van der Waals surface area contributed by atoms with Gasteiger partial charge in [0.25, 0.3) is 0 Å². The zero-order valence-electron chi connectivity index (χ0n) is 11.5. The van der Waals surface area contributed by atoms with E-state index in [1.54, 1.807) is 6.07 Å². The second kappa shape index (κ2) is 6.38. The Bertz CT molecular complexity index is 414. The molecule has 1 rings (SSSR count). The monoisotopic (exact) mass is 250 g/mol. The molecule has 2 N–H and O–H groups in total. The Morgan fingerprint density at radius 2 is 2.06 bits per heavy atom. The van der Waals surface area contributed by atoms with Crippen molar-refractivity contribution < 1.29 is 9.90 Å². The van der Waals surface area contributed by atoms with Crippen molar-refractivity contribution in [3.63, 3.8) is 0 Å². The smallest absolute Gasteiger partial charge is 0.339 e. The molecule has 0 radical (unpaired) electrons. The Balaban J connectivity index is 2.95. The van der Waals surface area contributed by atoms with Crippen molar-refractivity contribution in [2.75, 3.05) is 5.32 Å². The number of aryl methyl sites for hydroxylation is 1. The van der Waals surface area contributed by atoms with Gasteiger partial charge in [0, 0.05) is 17.9 Å². The van der Waals surface area contributed by atoms with Crippen LogP contribution in [0.5, 0.6) is 0 Å². The maximum Gasteiger partial charge on any atom is 0.339 e. The number of carboxylic acids is 1. The molecule has 0 saturated heterocycles. The highest BCUT2D eigenvalue weighted by molar-refractivity contribution is 5.93. The average Bonchev–Trinajstić information content (AvgIpc) is 2.30. The van der Waals surface area contributed by atoms with Crippen LogP contribution in [-0.2, 0) is 0 Å². The van der Waals surface area contributed by atoms with Crippen LogP contribution in [-0.4, -0.2) is 22.1 Å². The Labute approximate surface area is 108 Å². The fraction of sp³-hybridized carbons (Fsp3) is 0.571. The third-order valence-electron chi connectivity index (χ3n) is 3.41. The summed E-state index contributed by atoms with van der Waals surface area (Å²) in [5, 5.41) is 12.5. The van der Waals surface area contributed by atoms with Crippen LogP contribution in [0, 0.1) is 12.8 Å². The molecule has 0 amide bonds. The van der Waals surface area contributed by atoms with E-state index >= 15 is 0 Å². The van der Waals surface area contributed by atoms with E-state index in [2.05, 4.69) is 31.1 Å². The van der Waals surface area contributed by atoms with Gasteiger partial charge in [-0.2, -0.15) is 0 Å². The number of nitrogens with one attached hydrogen (secondary N) is 1. The van der Waals surface area contributed by atoms with Crippen molar-refractivity contribution in [1.29, 1.82) is 0 Å². The van der Waals surface area contributed by atoms with E-state index in [0.717, 1.165) is 18.5 Å². The minimum absolute atomic E-state index is 0.235. The van der Waals surface area contributed by atoms with Crippen molar-refractivity contribution in [1.82, 2.24) is 4.98 Å². The summed E-state index contributed by atoms with van der Waals surface area (Å²) in [6.45, 7) is 8.27. The molecule has 1 heterocycles. The summed E-state index contributed by atoms with van der Waals surface area (Å²) >= 11 is 0. The van der Waals surface area contributed by atoms with E-state index in [9.17, 15) is 4.79 Å². The van der Waals surface area contributed by atoms with Crippen LogP contribution < -0.4 is 5.32 Å². The minimum Gasteiger partial charge on any atom is -0.478 e. The van der Waals surface area contributed by atoms with E-state index in [1.165, 1.54) is 6.20 Å². The number of aromatic carboxylic acids is 1. The molecule has 4 heteroatoms. The first-order valence-electron chi connectivity index (χ1n) is 6.46. The molecule has 1 aromatic rings. The van der Waals surface area contributed by atoms with Crippen LogP contribution in [0.4, 0.5) is 5.69 Å². The summed E-state index contributed by atoms with van der Waals surface area (Å²) in [4.78, 5) is 15.2. The number of pyridine rings is 1. The number of carbonyl (C=O) groups is 1. The molecule has 1 atom stereocenters. The molecule has 1 unspecified atom stereocenters. The van der Waals surface area contributed by atoms with Gasteiger partial charge in [-0.1, -0.05) is 26.7 Å². The van der Waals surface area contributed by atoms with Gasteiger partial charge in [0.05, 0.1) is 5.69 Å². The van der Waals surface area contributed by atoms with Gasteiger partial charge in [-0.05, 0) is 25.8 Å². The van der Waals surface area contributed by atoms with Gasteiger partial charge in [0.1, 0.15) is 5.56 Å². The lowest BCUT2D eigenvalue weighted by Gasteiger charge is -2.24. The molecule has 0 aromatic carbocycles. The normalized spacial score (nSPS) is 12.5. The highest BCUT2D eigenvalue weighted by Crippen LogP contribution is 2.21. The van der Waals surface area contributed by atoms with Crippen LogP contribution in [0.15, 0.2) is 12.3 Å². The van der Waals surface area contributed by atoms with Crippen molar-refractivity contribution in [3.8, 4) is 0 Å². The topological polar surface area (TPSA) is 62.2 Å². The summed E-state index contributed by atoms with van der Waals surface area (Å²) in [5.74, 6) is -0.401. The SMILES string of the molecule is CCC(CC)C(C)Nc1cc(C)ncc1C(=O)O. The Morgan fingerprint density at radius 3 is 2.56 bits per heavy atom. The number of nitrogens with zero attached hydrogens (tertiary/aromatic N) is 1. The molecule has 100 valence electrons. The van der Waals surface area contributed by atoms with Gasteiger partial charge in [-0.15, -0.1) is 0 Å². The predicted molar refractivity (Wildman–Crippen MR) is 73.1 cm³/mol. The molecule has 0 aliphatic rings. The largest absolute Gasteiger partial charge is 0.478 e. The fourth-order valence-corrected chi connectivity index (χ4v) is 2.21. The molecule has 0 bridgehead atoms. The van der Waals surface area contributed by atoms with Gasteiger partial charge in [-0.25, -0.2) is 4.79 Å². The maximum absolute atomic E-state index is 11.1. The first-order valence-corrected chi connectivity index (χ1v) is 6.46. The van der Waals surface area contributed by atoms with Crippen molar-refractivity contribution in [2.45, 2.75) is 46.6 Å². The number of hydrogen-bond acceptors (Lipinski definition) is 3. The second-order valence-electron chi connectivity index (χ2n) is 4.69. The number of anilines is 1. The molecule has 0 saturated carbocycles. The molecule has 0 spiro atoms. The van der Waals surface area contributed by atoms with Gasteiger partial charge in [0.2, 0.25) is 0 Å². The number of rotatable bonds is 6. The molecule has 0 aliphatic carbocycles. The van der Waals surface area contributed by atoms with Gasteiger partial charge >= 0.3 is 5.97 Å². The quantitative estimate of drug-likeness (QED) is 0.813. The third-order valence-corrected chi connectivity index (χ3v) is 3.41. The third kappa shape index (κ3) is 3.45. The first kappa shape index (κ1) is 14.5. The lowest BCUT2D eigenvalue weighted by atomic mass is 9.95. The van der Waals surface area contributed by atoms with Crippen LogP contribution in [0.2, 0.25) is 0 Å². The van der Waals surface area contributed by atoms with Gasteiger partial charge < -0.3 is 10.4 Å². The Kier molecular flexibility index (Phi) is 5.13. The van der Waals surface area contributed by atoms with Crippen LogP contribution >= 0.6 is 0 Å². The number of carboxylic acid groups (broad SMARTS) is 1. The average molecular weight is 250 g/mol. The molecule has 0 fully saturated rings. The lowest BCUT2D eigenvalue weighted by Crippen LogP contribution is -2.26. The summed E-state index contributed by atoms with van der Waals surface area (Å²) < 4.78 is 0. The van der Waals surface area contributed by atoms with E-state index < -0.39 is 5.97 Å². The van der Waals surface area contributed by atoms with Crippen LogP contribution in [0.3, 0.4) is 0 Å². The molecule has 4 nitrogen and oxygen atoms in total. The van der Waals surface area contributed by atoms with Crippen LogP contribution in [0.25, 0.3) is 0 Å². The fourth-order valence-electron chi connectivity index (χ4n) is 2.21. The summed E-state index contributed by atoms with van der Waals surface area (Å²) in [6, 6.07) is 2.04. The van der Waals surface area contributed by atoms with Gasteiger partial charge in [-0.3, -0.25) is 4.98 Å². The molecule has 0 aliphatic heterocycles. The van der Waals surface area contributed by atoms with E-state index in [0.29, 0.717) is 11.6 Å². The van der Waals surface area contributed by atoms with Crippen molar-refractivity contribution >= 4 is 11.7 Å². The lowest BCUT2D eigenvalue weighted by molar-refractivity contribution is 0.0697. The predicted octanol–water partition coefficient (Wildman–Crippen LogP) is 3.32. The van der Waals surface area contributed by atoms with Gasteiger partial charge in [0.15, 0.2) is 0 Å². The molecular formula is C14H22N2O2. The zero-order valence-corrected chi connectivity index (χ0v) is 11.5. The zero-order chi connectivity index (χ0) is 13.7. The standard InChI is InChI=1S/C14H22N2O2/c1-5-11(6-2)10(4)16-13-7-9(3)15-8-12(13)14(17)18/h7-8,10-11H,5-6H2,1-4H3,(H,15,16)(H,17,18). The van der Waals surface area contributed by atoms with E-state index in [-0.39, 0.29) is 11.6 Å². The van der Waals surface area contributed by atoms with Crippen molar-refractivity contribution in [2.24, 2.45) is 5.92 Å². The van der Waals surface area contributed by atoms with Crippen LogP contribution in [0.1, 0.15) is 49.7 Å².